The zero-order valence-corrected chi connectivity index (χ0v) is 41.0. The molecular formula is C45H52ClN3O14S4. The van der Waals surface area contributed by atoms with Crippen molar-refractivity contribution in [3.63, 3.8) is 0 Å². The lowest BCUT2D eigenvalue weighted by Gasteiger charge is -2.33. The quantitative estimate of drug-likeness (QED) is 0.0443. The third kappa shape index (κ3) is 12.1. The van der Waals surface area contributed by atoms with Gasteiger partial charge in [-0.1, -0.05) is 87.9 Å². The molecule has 362 valence electrons. The summed E-state index contributed by atoms with van der Waals surface area (Å²) < 4.78 is 135. The Morgan fingerprint density at radius 3 is 2.09 bits per heavy atom. The van der Waals surface area contributed by atoms with Gasteiger partial charge in [-0.05, 0) is 90.1 Å². The molecule has 0 saturated carbocycles. The van der Waals surface area contributed by atoms with E-state index in [1.54, 1.807) is 18.3 Å². The van der Waals surface area contributed by atoms with Crippen LogP contribution in [0, 0.1) is 5.41 Å². The molecule has 3 aromatic rings. The van der Waals surface area contributed by atoms with E-state index in [0.717, 1.165) is 17.2 Å². The Kier molecular flexibility index (Phi) is 14.9. The Hall–Kier alpha value is -4.71. The maximum atomic E-state index is 12.7. The number of carbonyl (C=O) groups is 1. The lowest BCUT2D eigenvalue weighted by molar-refractivity contribution is -0.136. The Morgan fingerprint density at radius 2 is 1.48 bits per heavy atom. The fourth-order valence-corrected chi connectivity index (χ4v) is 11.5. The van der Waals surface area contributed by atoms with Crippen molar-refractivity contribution in [3.8, 4) is 0 Å². The highest BCUT2D eigenvalue weighted by Gasteiger charge is 2.45. The monoisotopic (exact) mass is 1020 g/mol. The van der Waals surface area contributed by atoms with Crippen molar-refractivity contribution in [2.24, 2.45) is 10.4 Å². The van der Waals surface area contributed by atoms with E-state index in [2.05, 4.69) is 0 Å². The van der Waals surface area contributed by atoms with Crippen molar-refractivity contribution in [2.45, 2.75) is 87.5 Å². The second-order valence-electron chi connectivity index (χ2n) is 17.7. The van der Waals surface area contributed by atoms with Gasteiger partial charge in [0.25, 0.3) is 40.5 Å². The van der Waals surface area contributed by atoms with Crippen LogP contribution in [0.3, 0.4) is 0 Å². The number of rotatable bonds is 19. The highest BCUT2D eigenvalue weighted by molar-refractivity contribution is 7.87. The lowest BCUT2D eigenvalue weighted by Crippen LogP contribution is -2.40. The summed E-state index contributed by atoms with van der Waals surface area (Å²) in [4.78, 5) is 18.8. The van der Waals surface area contributed by atoms with E-state index in [1.807, 2.05) is 86.1 Å². The summed E-state index contributed by atoms with van der Waals surface area (Å²) in [6.45, 7) is 8.24. The fourth-order valence-electron chi connectivity index (χ4n) is 8.83. The molecule has 0 spiro atoms. The van der Waals surface area contributed by atoms with Gasteiger partial charge < -0.3 is 14.9 Å². The van der Waals surface area contributed by atoms with E-state index in [-0.39, 0.29) is 55.2 Å². The highest BCUT2D eigenvalue weighted by atomic mass is 35.5. The average Bonchev–Trinajstić information content (AvgIpc) is 3.59. The van der Waals surface area contributed by atoms with Crippen molar-refractivity contribution in [1.82, 2.24) is 4.90 Å². The normalized spacial score (nSPS) is 19.2. The van der Waals surface area contributed by atoms with Crippen LogP contribution < -0.4 is 4.90 Å². The fraction of sp³-hybridized carbons (Fsp3) is 0.378. The van der Waals surface area contributed by atoms with E-state index < -0.39 is 78.9 Å². The molecule has 3 aliphatic rings. The molecule has 0 bridgehead atoms. The molecule has 1 unspecified atom stereocenters. The van der Waals surface area contributed by atoms with Gasteiger partial charge in [-0.15, -0.1) is 0 Å². The minimum absolute atomic E-state index is 0.00676. The van der Waals surface area contributed by atoms with Gasteiger partial charge in [0, 0.05) is 53.2 Å². The molecule has 67 heavy (non-hydrogen) atoms. The minimum atomic E-state index is -5.02. The van der Waals surface area contributed by atoms with Crippen LogP contribution in [-0.2, 0) is 57.1 Å². The number of aliphatic carboxylic acids is 1. The van der Waals surface area contributed by atoms with Crippen molar-refractivity contribution < 1.29 is 61.8 Å². The molecule has 0 fully saturated rings. The largest absolute Gasteiger partial charge is 0.481 e. The summed E-state index contributed by atoms with van der Waals surface area (Å²) in [6.07, 6.45) is 12.1. The van der Waals surface area contributed by atoms with Crippen LogP contribution in [0.25, 0.3) is 16.3 Å². The molecule has 5 N–H and O–H groups in total. The maximum Gasteiger partial charge on any atom is 0.303 e. The van der Waals surface area contributed by atoms with Crippen LogP contribution in [0.15, 0.2) is 116 Å². The lowest BCUT2D eigenvalue weighted by atomic mass is 9.78. The summed E-state index contributed by atoms with van der Waals surface area (Å²) in [7, 11) is -18.4. The van der Waals surface area contributed by atoms with Crippen LogP contribution in [0.5, 0.6) is 0 Å². The average molecular weight is 1020 g/mol. The Morgan fingerprint density at radius 1 is 0.821 bits per heavy atom. The number of amidine groups is 1. The second kappa shape index (κ2) is 19.4. The number of aliphatic imine (C=N–C) groups is 1. The first-order valence-electron chi connectivity index (χ1n) is 21.1. The molecule has 3 heterocycles. The molecule has 6 rings (SSSR count). The second-order valence-corrected chi connectivity index (χ2v) is 24.1. The third-order valence-electron chi connectivity index (χ3n) is 12.1. The first kappa shape index (κ1) is 51.7. The number of hydrogen-bond acceptors (Lipinski definition) is 12. The Labute approximate surface area is 395 Å². The van der Waals surface area contributed by atoms with Crippen LogP contribution in [-0.4, -0.2) is 104 Å². The molecule has 0 aromatic heterocycles. The van der Waals surface area contributed by atoms with Crippen LogP contribution in [0.1, 0.15) is 76.5 Å². The van der Waals surface area contributed by atoms with E-state index in [9.17, 15) is 61.8 Å². The summed E-state index contributed by atoms with van der Waals surface area (Å²) in [5.41, 5.74) is 2.90. The summed E-state index contributed by atoms with van der Waals surface area (Å²) in [5.74, 6) is -1.24. The highest BCUT2D eigenvalue weighted by Crippen LogP contribution is 2.51. The zero-order chi connectivity index (χ0) is 49.5. The Bertz CT molecular complexity index is 3150. The smallest absolute Gasteiger partial charge is 0.303 e. The van der Waals surface area contributed by atoms with E-state index in [1.165, 1.54) is 6.07 Å². The summed E-state index contributed by atoms with van der Waals surface area (Å²) in [6, 6.07) is 11.6. The van der Waals surface area contributed by atoms with Gasteiger partial charge in [-0.25, -0.2) is 4.99 Å². The van der Waals surface area contributed by atoms with Gasteiger partial charge in [-0.3, -0.25) is 23.0 Å². The van der Waals surface area contributed by atoms with Gasteiger partial charge in [-0.2, -0.15) is 33.7 Å². The molecule has 17 nitrogen and oxygen atoms in total. The number of anilines is 1. The number of unbranched alkanes of at least 4 members (excludes halogenated alkanes) is 2. The van der Waals surface area contributed by atoms with Gasteiger partial charge in [0.2, 0.25) is 0 Å². The van der Waals surface area contributed by atoms with Gasteiger partial charge in [0.1, 0.15) is 10.7 Å². The maximum absolute atomic E-state index is 12.7. The van der Waals surface area contributed by atoms with Crippen molar-refractivity contribution >= 4 is 85.9 Å². The molecule has 0 saturated heterocycles. The number of nitrogens with zero attached hydrogens (tertiary/aromatic N) is 3. The molecule has 0 aliphatic carbocycles. The summed E-state index contributed by atoms with van der Waals surface area (Å²) in [5, 5.41) is 10.00. The number of hydrogen-bond donors (Lipinski definition) is 5. The van der Waals surface area contributed by atoms with E-state index in [4.69, 9.17) is 16.6 Å². The number of carboxylic acids is 1. The predicted molar refractivity (Wildman–Crippen MR) is 257 cm³/mol. The standard InChI is InChI=1S/C45H52ClN3O14S4/c1-44(2)36-25-32(46)28-48(20-5-7-22-64(52,53)54)43(36)47-39(44)17-13-30(31-11-9-10-29(24-31)12-19-41(50)51)14-18-40-45(3,4)42-35-26-33(66(58,59)60)27-38(67(61,62)63)34(35)15-16-37(42)49(40)21-6-8-23-65(55,56)57/h9-11,13-18,24-28,40H,5-8,12,19-23H2,1-4H3,(H,50,51)(H,52,53,54)(H,55,56,57)(H,58,59,60)(H,61,62,63). The molecular weight excluding hydrogens is 970 g/mol. The first-order valence-corrected chi connectivity index (χ1v) is 27.6. The number of halogens is 1. The first-order chi connectivity index (χ1) is 31.0. The molecule has 22 heteroatoms. The summed E-state index contributed by atoms with van der Waals surface area (Å²) >= 11 is 6.58. The SMILES string of the molecule is CC1(C)C(=CC=C(C=CC2N(CCCCS(=O)(=O)O)c3ccc4c(S(=O)(=O)O)cc(S(=O)(=O)O)cc4c3C2(C)C)c2cccc(CCC(=O)O)c2)N=C2C1=CC(Cl)=CN2CCCCS(=O)(=O)O. The number of aryl methyl sites for hydroxylation is 1. The zero-order valence-electron chi connectivity index (χ0n) is 37.0. The van der Waals surface area contributed by atoms with Crippen molar-refractivity contribution in [3.05, 3.63) is 118 Å². The van der Waals surface area contributed by atoms with Crippen molar-refractivity contribution in [1.29, 1.82) is 0 Å². The molecule has 0 amide bonds. The molecule has 1 atom stereocenters. The van der Waals surface area contributed by atoms with Crippen LogP contribution >= 0.6 is 11.6 Å². The van der Waals surface area contributed by atoms with Gasteiger partial charge in [0.05, 0.1) is 33.2 Å². The third-order valence-corrected chi connectivity index (χ3v) is 15.7. The molecule has 3 aliphatic heterocycles. The number of fused-ring (bicyclic) bond motifs is 4. The molecule has 0 radical (unpaired) electrons. The van der Waals surface area contributed by atoms with Crippen molar-refractivity contribution in [2.75, 3.05) is 29.5 Å². The number of allylic oxidation sites excluding steroid dienone is 7. The topological polar surface area (TPSA) is 274 Å². The number of carboxylic acid groups (broad SMARTS) is 1. The van der Waals surface area contributed by atoms with Crippen LogP contribution in [0.4, 0.5) is 5.69 Å². The molecule has 3 aromatic carbocycles. The van der Waals surface area contributed by atoms with E-state index >= 15 is 0 Å². The minimum Gasteiger partial charge on any atom is -0.481 e. The number of benzene rings is 3. The van der Waals surface area contributed by atoms with Gasteiger partial charge in [0.15, 0.2) is 0 Å². The predicted octanol–water partition coefficient (Wildman–Crippen LogP) is 7.44. The van der Waals surface area contributed by atoms with E-state index in [0.29, 0.717) is 58.0 Å². The van der Waals surface area contributed by atoms with Gasteiger partial charge >= 0.3 is 5.97 Å². The van der Waals surface area contributed by atoms with Crippen LogP contribution in [0.2, 0.25) is 0 Å². The Balaban J connectivity index is 1.49.